The molecule has 3 rings (SSSR count). The lowest BCUT2D eigenvalue weighted by atomic mass is 9.96. The van der Waals surface area contributed by atoms with Crippen LogP contribution in [-0.2, 0) is 10.1 Å². The van der Waals surface area contributed by atoms with Gasteiger partial charge in [-0.05, 0) is 42.3 Å². The molecule has 0 atom stereocenters. The van der Waals surface area contributed by atoms with Gasteiger partial charge in [0.1, 0.15) is 5.82 Å². The van der Waals surface area contributed by atoms with Crippen molar-refractivity contribution in [3.63, 3.8) is 0 Å². The molecule has 2 aromatic rings. The van der Waals surface area contributed by atoms with E-state index < -0.39 is 15.9 Å². The molecule has 0 bridgehead atoms. The number of hydrogen-bond donors (Lipinski definition) is 1. The maximum atomic E-state index is 11.2. The second-order valence-corrected chi connectivity index (χ2v) is 9.52. The van der Waals surface area contributed by atoms with E-state index in [2.05, 4.69) is 10.9 Å². The lowest BCUT2D eigenvalue weighted by molar-refractivity contribution is 0.481. The molecule has 0 saturated heterocycles. The molecule has 8 nitrogen and oxygen atoms in total. The van der Waals surface area contributed by atoms with Crippen LogP contribution in [0.25, 0.3) is 10.4 Å². The summed E-state index contributed by atoms with van der Waals surface area (Å²) in [6.07, 6.45) is 3.35. The largest absolute Gasteiger partial charge is 0.329 e. The molecular weight excluding hydrogens is 486 g/mol. The molecule has 0 radical (unpaired) electrons. The molecule has 0 aromatic heterocycles. The molecule has 0 saturated carbocycles. The molecule has 0 spiro atoms. The summed E-state index contributed by atoms with van der Waals surface area (Å²) in [7, 11) is -2.31. The average molecular weight is 506 g/mol. The maximum Gasteiger partial charge on any atom is 0.270 e. The van der Waals surface area contributed by atoms with E-state index in [0.29, 0.717) is 16.4 Å². The van der Waals surface area contributed by atoms with Crippen LogP contribution < -0.4 is 9.80 Å². The Kier molecular flexibility index (Phi) is 7.96. The number of fused-ring (bicyclic) bond motifs is 1. The van der Waals surface area contributed by atoms with Crippen molar-refractivity contribution >= 4 is 38.7 Å². The Morgan fingerprint density at radius 3 is 2.49 bits per heavy atom. The lowest BCUT2D eigenvalue weighted by Gasteiger charge is -2.22. The van der Waals surface area contributed by atoms with Crippen LogP contribution in [0, 0.1) is 29.2 Å². The van der Waals surface area contributed by atoms with Gasteiger partial charge < -0.3 is 9.80 Å². The van der Waals surface area contributed by atoms with E-state index in [1.807, 2.05) is 29.0 Å². The van der Waals surface area contributed by atoms with E-state index in [9.17, 15) is 18.9 Å². The lowest BCUT2D eigenvalue weighted by Crippen LogP contribution is -2.27. The second kappa shape index (κ2) is 10.9. The summed E-state index contributed by atoms with van der Waals surface area (Å²) in [5.74, 6) is 0.215. The number of rotatable bonds is 7. The van der Waals surface area contributed by atoms with Crippen LogP contribution in [0.1, 0.15) is 12.0 Å². The van der Waals surface area contributed by atoms with Crippen molar-refractivity contribution in [2.45, 2.75) is 6.42 Å². The van der Waals surface area contributed by atoms with Crippen molar-refractivity contribution in [2.24, 2.45) is 0 Å². The first-order valence-electron chi connectivity index (χ1n) is 10.4. The minimum atomic E-state index is -4.12. The van der Waals surface area contributed by atoms with Gasteiger partial charge in [-0.2, -0.15) is 13.7 Å². The highest BCUT2D eigenvalue weighted by molar-refractivity contribution is 7.85. The quantitative estimate of drug-likeness (QED) is 0.243. The number of halogens is 1. The number of nitriles is 2. The maximum absolute atomic E-state index is 11.2. The third-order valence-corrected chi connectivity index (χ3v) is 6.34. The molecule has 1 aliphatic rings. The first kappa shape index (κ1) is 25.6. The van der Waals surface area contributed by atoms with E-state index in [-0.39, 0.29) is 29.8 Å². The van der Waals surface area contributed by atoms with E-state index in [0.717, 1.165) is 11.4 Å². The number of nitrogens with zero attached hydrogens (tertiary/aromatic N) is 5. The predicted octanol–water partition coefficient (Wildman–Crippen LogP) is 5.02. The van der Waals surface area contributed by atoms with E-state index in [4.69, 9.17) is 22.7 Å². The normalized spacial score (nSPS) is 15.2. The summed E-state index contributed by atoms with van der Waals surface area (Å²) < 4.78 is 31.6. The van der Waals surface area contributed by atoms with Crippen LogP contribution in [0.2, 0.25) is 5.02 Å². The highest BCUT2D eigenvalue weighted by Gasteiger charge is 2.29. The smallest absolute Gasteiger partial charge is 0.270 e. The fourth-order valence-electron chi connectivity index (χ4n) is 3.76. The van der Waals surface area contributed by atoms with Gasteiger partial charge in [0, 0.05) is 24.2 Å². The Hall–Kier alpha value is -4.07. The molecule has 0 aliphatic carbocycles. The van der Waals surface area contributed by atoms with Crippen LogP contribution in [0.3, 0.4) is 0 Å². The van der Waals surface area contributed by atoms with Gasteiger partial charge in [0.05, 0.1) is 41.4 Å². The third-order valence-electron chi connectivity index (χ3n) is 5.30. The number of allylic oxidation sites excluding steroid dienone is 5. The highest BCUT2D eigenvalue weighted by Crippen LogP contribution is 2.42. The van der Waals surface area contributed by atoms with Crippen LogP contribution in [-0.4, -0.2) is 32.3 Å². The zero-order chi connectivity index (χ0) is 25.6. The summed E-state index contributed by atoms with van der Waals surface area (Å²) >= 11 is 6.20. The van der Waals surface area contributed by atoms with Crippen molar-refractivity contribution in [3.05, 3.63) is 99.8 Å². The van der Waals surface area contributed by atoms with E-state index >= 15 is 0 Å². The molecule has 1 aliphatic heterocycles. The van der Waals surface area contributed by atoms with Crippen LogP contribution >= 0.6 is 11.6 Å². The minimum Gasteiger partial charge on any atom is -0.329 e. The summed E-state index contributed by atoms with van der Waals surface area (Å²) in [6.45, 7) is 7.66. The molecule has 0 unspecified atom stereocenters. The van der Waals surface area contributed by atoms with Gasteiger partial charge in [-0.3, -0.25) is 4.55 Å². The van der Waals surface area contributed by atoms with Gasteiger partial charge in [0.25, 0.3) is 15.8 Å². The zero-order valence-corrected chi connectivity index (χ0v) is 20.3. The summed E-state index contributed by atoms with van der Waals surface area (Å²) in [6, 6.07) is 18.0. The third kappa shape index (κ3) is 5.90. The Labute approximate surface area is 209 Å². The van der Waals surface area contributed by atoms with Gasteiger partial charge in [0.2, 0.25) is 0 Å². The number of benzene rings is 2. The number of hydrogen-bond acceptors (Lipinski definition) is 6. The Balaban J connectivity index is 2.11. The van der Waals surface area contributed by atoms with Crippen LogP contribution in [0.4, 0.5) is 11.4 Å². The fraction of sp³-hybridized carbons (Fsp3) is 0.160. The van der Waals surface area contributed by atoms with E-state index in [1.54, 1.807) is 48.5 Å². The molecule has 10 heteroatoms. The Morgan fingerprint density at radius 2 is 1.89 bits per heavy atom. The SMILES string of the molecule is [C-]#[N+]/C(C#N)=C(/C(C#N)=C/C=C1\N(C)c2ccc(Cl)cc2N1CCCS(=O)(=O)O)c1ccccc1. The first-order chi connectivity index (χ1) is 16.7. The summed E-state index contributed by atoms with van der Waals surface area (Å²) in [5.41, 5.74) is 2.26. The standard InChI is InChI=1S/C25H20ClN5O3S/c1-29-21(17-28)25(18-7-4-3-5-8-18)19(16-27)9-12-24-30(2)22-11-10-20(26)15-23(22)31(24)13-6-14-35(32,33)34/h3-5,7-12,15H,6,13-14H2,2H3,(H,32,33,34)/b19-9+,24-12+,25-21+. The van der Waals surface area contributed by atoms with Crippen molar-refractivity contribution in [2.75, 3.05) is 29.1 Å². The summed E-state index contributed by atoms with van der Waals surface area (Å²) in [5, 5.41) is 19.9. The van der Waals surface area contributed by atoms with Crippen molar-refractivity contribution in [1.82, 2.24) is 0 Å². The molecule has 2 aromatic carbocycles. The fourth-order valence-corrected chi connectivity index (χ4v) is 4.42. The monoisotopic (exact) mass is 505 g/mol. The second-order valence-electron chi connectivity index (χ2n) is 7.51. The number of anilines is 2. The van der Waals surface area contributed by atoms with Gasteiger partial charge in [-0.15, -0.1) is 0 Å². The summed E-state index contributed by atoms with van der Waals surface area (Å²) in [4.78, 5) is 7.00. The topological polar surface area (TPSA) is 113 Å². The van der Waals surface area contributed by atoms with Gasteiger partial charge in [-0.1, -0.05) is 41.9 Å². The molecule has 1 heterocycles. The average Bonchev–Trinajstić information content (AvgIpc) is 3.08. The van der Waals surface area contributed by atoms with Gasteiger partial charge >= 0.3 is 0 Å². The van der Waals surface area contributed by atoms with Gasteiger partial charge in [0.15, 0.2) is 0 Å². The Morgan fingerprint density at radius 1 is 1.17 bits per heavy atom. The minimum absolute atomic E-state index is 0.122. The zero-order valence-electron chi connectivity index (χ0n) is 18.7. The molecule has 176 valence electrons. The predicted molar refractivity (Wildman–Crippen MR) is 136 cm³/mol. The molecule has 0 amide bonds. The Bertz CT molecular complexity index is 1440. The van der Waals surface area contributed by atoms with Crippen molar-refractivity contribution in [3.8, 4) is 12.1 Å². The molecule has 35 heavy (non-hydrogen) atoms. The van der Waals surface area contributed by atoms with Gasteiger partial charge in [-0.25, -0.2) is 10.1 Å². The molecule has 1 N–H and O–H groups in total. The highest BCUT2D eigenvalue weighted by atomic mass is 35.5. The molecular formula is C25H20ClN5O3S. The van der Waals surface area contributed by atoms with Crippen LogP contribution in [0.15, 0.2) is 77.8 Å². The van der Waals surface area contributed by atoms with E-state index in [1.165, 1.54) is 6.08 Å². The van der Waals surface area contributed by atoms with Crippen molar-refractivity contribution in [1.29, 1.82) is 10.5 Å². The first-order valence-corrected chi connectivity index (χ1v) is 12.3. The molecule has 0 fully saturated rings. The van der Waals surface area contributed by atoms with Crippen LogP contribution in [0.5, 0.6) is 0 Å². The van der Waals surface area contributed by atoms with Crippen molar-refractivity contribution < 1.29 is 13.0 Å².